The number of nitrogens with zero attached hydrogens (tertiary/aromatic N) is 2. The summed E-state index contributed by atoms with van der Waals surface area (Å²) in [5.41, 5.74) is 5.45. The van der Waals surface area contributed by atoms with Gasteiger partial charge in [0.1, 0.15) is 0 Å². The van der Waals surface area contributed by atoms with Crippen LogP contribution in [-0.4, -0.2) is 17.7 Å². The number of halogens is 2. The quantitative estimate of drug-likeness (QED) is 0.274. The van der Waals surface area contributed by atoms with Crippen molar-refractivity contribution in [1.82, 2.24) is 0 Å². The Morgan fingerprint density at radius 2 is 2.20 bits per heavy atom. The summed E-state index contributed by atoms with van der Waals surface area (Å²) >= 11 is 0. The number of aliphatic imine (C=N–C) groups is 1. The largest absolute Gasteiger partial charge is 0.398 e. The van der Waals surface area contributed by atoms with Gasteiger partial charge in [-0.05, 0) is 6.07 Å². The van der Waals surface area contributed by atoms with Gasteiger partial charge in [-0.1, -0.05) is 0 Å². The molecule has 1 aromatic rings. The van der Waals surface area contributed by atoms with E-state index in [0.29, 0.717) is 0 Å². The first kappa shape index (κ1) is 11.0. The van der Waals surface area contributed by atoms with Gasteiger partial charge in [0.2, 0.25) is 0 Å². The first-order valence-corrected chi connectivity index (χ1v) is 3.86. The van der Waals surface area contributed by atoms with Crippen molar-refractivity contribution in [2.75, 3.05) is 5.73 Å². The Labute approximate surface area is 83.4 Å². The molecule has 0 bridgehead atoms. The molecule has 0 unspecified atom stereocenters. The first-order chi connectivity index (χ1) is 7.00. The molecule has 0 saturated carbocycles. The molecule has 0 aliphatic heterocycles. The third kappa shape index (κ3) is 2.97. The van der Waals surface area contributed by atoms with Crippen molar-refractivity contribution in [3.8, 4) is 0 Å². The summed E-state index contributed by atoms with van der Waals surface area (Å²) in [4.78, 5) is 12.5. The molecule has 0 aromatic heterocycles. The number of nitrogen functional groups attached to an aromatic ring is 1. The van der Waals surface area contributed by atoms with E-state index in [1.165, 1.54) is 12.1 Å². The van der Waals surface area contributed by atoms with E-state index in [0.717, 1.165) is 12.3 Å². The maximum absolute atomic E-state index is 11.7. The second-order valence-electron chi connectivity index (χ2n) is 2.63. The van der Waals surface area contributed by atoms with Crippen molar-refractivity contribution in [2.24, 2.45) is 4.99 Å². The van der Waals surface area contributed by atoms with E-state index in [4.69, 9.17) is 5.73 Å². The molecule has 0 spiro atoms. The van der Waals surface area contributed by atoms with Gasteiger partial charge in [-0.15, -0.1) is 0 Å². The van der Waals surface area contributed by atoms with E-state index in [1.54, 1.807) is 0 Å². The normalized spacial score (nSPS) is 11.1. The highest BCUT2D eigenvalue weighted by atomic mass is 19.3. The van der Waals surface area contributed by atoms with Crippen LogP contribution in [0.2, 0.25) is 0 Å². The number of alkyl halides is 2. The number of anilines is 1. The van der Waals surface area contributed by atoms with Crippen molar-refractivity contribution in [2.45, 2.75) is 6.55 Å². The molecule has 2 N–H and O–H groups in total. The third-order valence-corrected chi connectivity index (χ3v) is 1.61. The van der Waals surface area contributed by atoms with Gasteiger partial charge in [0, 0.05) is 29.6 Å². The van der Waals surface area contributed by atoms with Gasteiger partial charge in [-0.25, -0.2) is 4.99 Å². The van der Waals surface area contributed by atoms with Crippen LogP contribution >= 0.6 is 0 Å². The molecule has 0 fully saturated rings. The van der Waals surface area contributed by atoms with Crippen molar-refractivity contribution >= 4 is 17.6 Å². The number of hydrogen-bond donors (Lipinski definition) is 1. The van der Waals surface area contributed by atoms with Crippen LogP contribution in [-0.2, 0) is 0 Å². The lowest BCUT2D eigenvalue weighted by Gasteiger charge is -1.99. The molecule has 1 aromatic carbocycles. The minimum absolute atomic E-state index is 0.101. The first-order valence-electron chi connectivity index (χ1n) is 3.86. The highest BCUT2D eigenvalue weighted by Gasteiger charge is 2.07. The lowest BCUT2D eigenvalue weighted by Crippen LogP contribution is -1.97. The predicted molar refractivity (Wildman–Crippen MR) is 51.1 cm³/mol. The average Bonchev–Trinajstić information content (AvgIpc) is 2.16. The summed E-state index contributed by atoms with van der Waals surface area (Å²) in [6, 6.07) is 3.54. The highest BCUT2D eigenvalue weighted by molar-refractivity contribution is 5.87. The van der Waals surface area contributed by atoms with Gasteiger partial charge in [0.05, 0.1) is 4.92 Å². The molecule has 0 radical (unpaired) electrons. The standard InChI is InChI=1S/C8H7F2N3O2/c9-8(10)12-4-5-3-6(13(14)15)1-2-7(5)11/h1-4,8H,11H2/b12-4+. The maximum Gasteiger partial charge on any atom is 0.331 e. The van der Waals surface area contributed by atoms with Gasteiger partial charge in [-0.3, -0.25) is 10.1 Å². The van der Waals surface area contributed by atoms with Crippen molar-refractivity contribution in [1.29, 1.82) is 0 Å². The monoisotopic (exact) mass is 215 g/mol. The fourth-order valence-electron chi connectivity index (χ4n) is 0.924. The zero-order valence-electron chi connectivity index (χ0n) is 7.43. The fourth-order valence-corrected chi connectivity index (χ4v) is 0.924. The van der Waals surface area contributed by atoms with Crippen molar-refractivity contribution < 1.29 is 13.7 Å². The Morgan fingerprint density at radius 1 is 1.53 bits per heavy atom. The second kappa shape index (κ2) is 4.45. The van der Waals surface area contributed by atoms with Gasteiger partial charge >= 0.3 is 6.55 Å². The van der Waals surface area contributed by atoms with E-state index in [9.17, 15) is 18.9 Å². The van der Waals surface area contributed by atoms with Crippen LogP contribution in [0.1, 0.15) is 5.56 Å². The van der Waals surface area contributed by atoms with E-state index >= 15 is 0 Å². The lowest BCUT2D eigenvalue weighted by molar-refractivity contribution is -0.384. The smallest absolute Gasteiger partial charge is 0.331 e. The van der Waals surface area contributed by atoms with Crippen LogP contribution < -0.4 is 5.73 Å². The van der Waals surface area contributed by atoms with Crippen LogP contribution in [0.5, 0.6) is 0 Å². The number of nitro benzene ring substituents is 1. The molecule has 5 nitrogen and oxygen atoms in total. The second-order valence-corrected chi connectivity index (χ2v) is 2.63. The maximum atomic E-state index is 11.7. The number of nitro groups is 1. The Balaban J connectivity index is 3.05. The molecule has 0 heterocycles. The Bertz CT molecular complexity index is 407. The number of benzene rings is 1. The number of nitrogens with two attached hydrogens (primary N) is 1. The van der Waals surface area contributed by atoms with E-state index in [-0.39, 0.29) is 16.9 Å². The van der Waals surface area contributed by atoms with E-state index in [2.05, 4.69) is 4.99 Å². The molecular formula is C8H7F2N3O2. The molecule has 0 aliphatic carbocycles. The van der Waals surface area contributed by atoms with Crippen molar-refractivity contribution in [3.05, 3.63) is 33.9 Å². The summed E-state index contributed by atoms with van der Waals surface area (Å²) in [5, 5.41) is 10.4. The molecule has 0 atom stereocenters. The number of hydrogen-bond acceptors (Lipinski definition) is 4. The molecule has 0 amide bonds. The molecule has 0 saturated heterocycles. The molecule has 0 aliphatic rings. The SMILES string of the molecule is Nc1ccc([N+](=O)[O-])cc1/C=N/C(F)F. The van der Waals surface area contributed by atoms with E-state index < -0.39 is 11.5 Å². The summed E-state index contributed by atoms with van der Waals surface area (Å²) in [7, 11) is 0. The Hall–Kier alpha value is -2.05. The van der Waals surface area contributed by atoms with Crippen LogP contribution in [0, 0.1) is 10.1 Å². The summed E-state index contributed by atoms with van der Waals surface area (Å²) in [6.45, 7) is -2.86. The topological polar surface area (TPSA) is 81.5 Å². The third-order valence-electron chi connectivity index (χ3n) is 1.61. The molecule has 1 rings (SSSR count). The fraction of sp³-hybridized carbons (Fsp3) is 0.125. The average molecular weight is 215 g/mol. The predicted octanol–water partition coefficient (Wildman–Crippen LogP) is 1.82. The Morgan fingerprint density at radius 3 is 2.73 bits per heavy atom. The summed E-state index contributed by atoms with van der Waals surface area (Å²) in [5.74, 6) is 0. The summed E-state index contributed by atoms with van der Waals surface area (Å²) in [6.07, 6.45) is 0.812. The van der Waals surface area contributed by atoms with Crippen LogP contribution in [0.25, 0.3) is 0 Å². The zero-order valence-corrected chi connectivity index (χ0v) is 7.43. The number of non-ortho nitro benzene ring substituents is 1. The van der Waals surface area contributed by atoms with Crippen LogP contribution in [0.4, 0.5) is 20.2 Å². The molecule has 15 heavy (non-hydrogen) atoms. The minimum Gasteiger partial charge on any atom is -0.398 e. The minimum atomic E-state index is -2.86. The molecule has 7 heteroatoms. The van der Waals surface area contributed by atoms with Crippen molar-refractivity contribution in [3.63, 3.8) is 0 Å². The van der Waals surface area contributed by atoms with Gasteiger partial charge < -0.3 is 5.73 Å². The van der Waals surface area contributed by atoms with Crippen LogP contribution in [0.15, 0.2) is 23.2 Å². The van der Waals surface area contributed by atoms with Crippen LogP contribution in [0.3, 0.4) is 0 Å². The molecular weight excluding hydrogens is 208 g/mol. The lowest BCUT2D eigenvalue weighted by atomic mass is 10.2. The molecule has 80 valence electrons. The van der Waals surface area contributed by atoms with Gasteiger partial charge in [0.25, 0.3) is 5.69 Å². The van der Waals surface area contributed by atoms with Gasteiger partial charge in [0.15, 0.2) is 0 Å². The Kier molecular flexibility index (Phi) is 3.27. The van der Waals surface area contributed by atoms with Gasteiger partial charge in [-0.2, -0.15) is 8.78 Å². The zero-order chi connectivity index (χ0) is 11.4. The number of rotatable bonds is 3. The summed E-state index contributed by atoms with van der Waals surface area (Å²) < 4.78 is 23.5. The highest BCUT2D eigenvalue weighted by Crippen LogP contribution is 2.18. The van der Waals surface area contributed by atoms with E-state index in [1.807, 2.05) is 0 Å².